The predicted octanol–water partition coefficient (Wildman–Crippen LogP) is 3.53. The number of methoxy groups -OCH3 is 1. The standard InChI is InChI=1S/C15H21F2NO2S/c1-19-13-3-2-12(8-14(13)20-15(16)17)10-18-9-11-4-6-21-7-5-11/h2-3,8,11,15,18H,4-7,9-10H2,1H3. The van der Waals surface area contributed by atoms with Crippen LogP contribution in [0.25, 0.3) is 0 Å². The van der Waals surface area contributed by atoms with Crippen molar-refractivity contribution >= 4 is 11.8 Å². The van der Waals surface area contributed by atoms with E-state index in [0.717, 1.165) is 18.0 Å². The molecule has 1 aromatic carbocycles. The second-order valence-electron chi connectivity index (χ2n) is 5.05. The van der Waals surface area contributed by atoms with Crippen LogP contribution in [0.5, 0.6) is 11.5 Å². The van der Waals surface area contributed by atoms with Crippen molar-refractivity contribution in [2.45, 2.75) is 26.0 Å². The highest BCUT2D eigenvalue weighted by Crippen LogP contribution is 2.29. The van der Waals surface area contributed by atoms with E-state index in [4.69, 9.17) is 4.74 Å². The lowest BCUT2D eigenvalue weighted by Crippen LogP contribution is -2.25. The van der Waals surface area contributed by atoms with Crippen molar-refractivity contribution in [2.75, 3.05) is 25.2 Å². The summed E-state index contributed by atoms with van der Waals surface area (Å²) < 4.78 is 34.2. The minimum absolute atomic E-state index is 0.0841. The molecular weight excluding hydrogens is 296 g/mol. The van der Waals surface area contributed by atoms with Gasteiger partial charge in [-0.15, -0.1) is 0 Å². The summed E-state index contributed by atoms with van der Waals surface area (Å²) in [6.45, 7) is -1.23. The van der Waals surface area contributed by atoms with Crippen molar-refractivity contribution in [3.63, 3.8) is 0 Å². The van der Waals surface area contributed by atoms with Crippen LogP contribution in [0.3, 0.4) is 0 Å². The zero-order valence-electron chi connectivity index (χ0n) is 12.1. The molecule has 0 saturated carbocycles. The van der Waals surface area contributed by atoms with Crippen LogP contribution >= 0.6 is 11.8 Å². The number of benzene rings is 1. The van der Waals surface area contributed by atoms with Gasteiger partial charge in [0.1, 0.15) is 0 Å². The Bertz CT molecular complexity index is 440. The van der Waals surface area contributed by atoms with Crippen molar-refractivity contribution in [2.24, 2.45) is 5.92 Å². The fourth-order valence-electron chi connectivity index (χ4n) is 2.39. The number of ether oxygens (including phenoxy) is 2. The number of rotatable bonds is 7. The molecule has 0 aliphatic carbocycles. The summed E-state index contributed by atoms with van der Waals surface area (Å²) in [7, 11) is 1.44. The molecule has 0 radical (unpaired) electrons. The lowest BCUT2D eigenvalue weighted by Gasteiger charge is -2.21. The van der Waals surface area contributed by atoms with E-state index in [1.54, 1.807) is 12.1 Å². The van der Waals surface area contributed by atoms with E-state index in [1.807, 2.05) is 17.8 Å². The molecule has 0 bridgehead atoms. The number of halogens is 2. The van der Waals surface area contributed by atoms with Gasteiger partial charge in [0.2, 0.25) is 0 Å². The second kappa shape index (κ2) is 8.44. The minimum Gasteiger partial charge on any atom is -0.493 e. The van der Waals surface area contributed by atoms with Crippen LogP contribution < -0.4 is 14.8 Å². The van der Waals surface area contributed by atoms with Gasteiger partial charge < -0.3 is 14.8 Å². The van der Waals surface area contributed by atoms with Gasteiger partial charge in [-0.2, -0.15) is 20.5 Å². The molecule has 1 heterocycles. The maximum Gasteiger partial charge on any atom is 0.387 e. The highest BCUT2D eigenvalue weighted by Gasteiger charge is 2.14. The highest BCUT2D eigenvalue weighted by atomic mass is 32.2. The molecule has 6 heteroatoms. The molecular formula is C15H21F2NO2S. The summed E-state index contributed by atoms with van der Waals surface area (Å²) in [6.07, 6.45) is 2.50. The van der Waals surface area contributed by atoms with Crippen molar-refractivity contribution < 1.29 is 18.3 Å². The van der Waals surface area contributed by atoms with Gasteiger partial charge >= 0.3 is 6.61 Å². The Kier molecular flexibility index (Phi) is 6.57. The second-order valence-corrected chi connectivity index (χ2v) is 6.28. The average molecular weight is 317 g/mol. The highest BCUT2D eigenvalue weighted by molar-refractivity contribution is 7.99. The van der Waals surface area contributed by atoms with Gasteiger partial charge in [-0.3, -0.25) is 0 Å². The maximum atomic E-state index is 12.4. The number of thioether (sulfide) groups is 1. The van der Waals surface area contributed by atoms with Crippen LogP contribution in [0.15, 0.2) is 18.2 Å². The molecule has 2 rings (SSSR count). The first-order valence-corrected chi connectivity index (χ1v) is 8.24. The average Bonchev–Trinajstić information content (AvgIpc) is 2.48. The molecule has 0 unspecified atom stereocenters. The number of hydrogen-bond acceptors (Lipinski definition) is 4. The Balaban J connectivity index is 1.87. The third-order valence-electron chi connectivity index (χ3n) is 3.55. The quantitative estimate of drug-likeness (QED) is 0.833. The Morgan fingerprint density at radius 2 is 2.05 bits per heavy atom. The molecule has 0 atom stereocenters. The number of nitrogens with one attached hydrogen (secondary N) is 1. The normalized spacial score (nSPS) is 16.2. The minimum atomic E-state index is -2.85. The fourth-order valence-corrected chi connectivity index (χ4v) is 3.59. The van der Waals surface area contributed by atoms with Crippen molar-refractivity contribution in [3.8, 4) is 11.5 Å². The van der Waals surface area contributed by atoms with E-state index in [9.17, 15) is 8.78 Å². The molecule has 0 spiro atoms. The van der Waals surface area contributed by atoms with E-state index in [1.165, 1.54) is 31.5 Å². The van der Waals surface area contributed by atoms with Crippen LogP contribution in [0, 0.1) is 5.92 Å². The summed E-state index contributed by atoms with van der Waals surface area (Å²) in [5, 5.41) is 3.40. The molecule has 1 aliphatic heterocycles. The molecule has 1 aliphatic rings. The monoisotopic (exact) mass is 317 g/mol. The molecule has 0 aromatic heterocycles. The van der Waals surface area contributed by atoms with E-state index in [0.29, 0.717) is 12.3 Å². The van der Waals surface area contributed by atoms with Crippen LogP contribution in [0.1, 0.15) is 18.4 Å². The first-order chi connectivity index (χ1) is 10.2. The molecule has 1 N–H and O–H groups in total. The van der Waals surface area contributed by atoms with Gasteiger partial charge in [-0.25, -0.2) is 0 Å². The molecule has 1 fully saturated rings. The molecule has 1 saturated heterocycles. The van der Waals surface area contributed by atoms with Crippen molar-refractivity contribution in [1.82, 2.24) is 5.32 Å². The first kappa shape index (κ1) is 16.4. The fraction of sp³-hybridized carbons (Fsp3) is 0.600. The van der Waals surface area contributed by atoms with Gasteiger partial charge in [0.25, 0.3) is 0 Å². The Labute approximate surface area is 128 Å². The lowest BCUT2D eigenvalue weighted by atomic mass is 10.0. The number of hydrogen-bond donors (Lipinski definition) is 1. The number of alkyl halides is 2. The first-order valence-electron chi connectivity index (χ1n) is 7.09. The van der Waals surface area contributed by atoms with Gasteiger partial charge in [0.15, 0.2) is 11.5 Å². The smallest absolute Gasteiger partial charge is 0.387 e. The van der Waals surface area contributed by atoms with E-state index in [2.05, 4.69) is 10.1 Å². The zero-order chi connectivity index (χ0) is 15.1. The Morgan fingerprint density at radius 3 is 2.71 bits per heavy atom. The zero-order valence-corrected chi connectivity index (χ0v) is 12.9. The maximum absolute atomic E-state index is 12.4. The van der Waals surface area contributed by atoms with Gasteiger partial charge in [-0.05, 0) is 54.5 Å². The van der Waals surface area contributed by atoms with Crippen LogP contribution in [-0.4, -0.2) is 31.8 Å². The predicted molar refractivity (Wildman–Crippen MR) is 81.4 cm³/mol. The summed E-state index contributed by atoms with van der Waals surface area (Å²) >= 11 is 2.01. The van der Waals surface area contributed by atoms with E-state index >= 15 is 0 Å². The van der Waals surface area contributed by atoms with Crippen LogP contribution in [0.4, 0.5) is 8.78 Å². The summed E-state index contributed by atoms with van der Waals surface area (Å²) in [4.78, 5) is 0. The van der Waals surface area contributed by atoms with Crippen LogP contribution in [0.2, 0.25) is 0 Å². The SMILES string of the molecule is COc1ccc(CNCC2CCSCC2)cc1OC(F)F. The third-order valence-corrected chi connectivity index (χ3v) is 4.60. The molecule has 21 heavy (non-hydrogen) atoms. The van der Waals surface area contributed by atoms with E-state index < -0.39 is 6.61 Å². The van der Waals surface area contributed by atoms with Gasteiger partial charge in [-0.1, -0.05) is 6.07 Å². The molecule has 0 amide bonds. The van der Waals surface area contributed by atoms with Gasteiger partial charge in [0.05, 0.1) is 7.11 Å². The summed E-state index contributed by atoms with van der Waals surface area (Å²) in [6, 6.07) is 5.13. The van der Waals surface area contributed by atoms with Crippen LogP contribution in [-0.2, 0) is 6.54 Å². The third kappa shape index (κ3) is 5.36. The van der Waals surface area contributed by atoms with E-state index in [-0.39, 0.29) is 5.75 Å². The molecule has 1 aromatic rings. The summed E-state index contributed by atoms with van der Waals surface area (Å²) in [5.41, 5.74) is 0.914. The largest absolute Gasteiger partial charge is 0.493 e. The lowest BCUT2D eigenvalue weighted by molar-refractivity contribution is -0.0512. The summed E-state index contributed by atoms with van der Waals surface area (Å²) in [5.74, 6) is 3.60. The topological polar surface area (TPSA) is 30.5 Å². The van der Waals surface area contributed by atoms with Gasteiger partial charge in [0, 0.05) is 6.54 Å². The van der Waals surface area contributed by atoms with Crippen molar-refractivity contribution in [1.29, 1.82) is 0 Å². The van der Waals surface area contributed by atoms with Crippen molar-refractivity contribution in [3.05, 3.63) is 23.8 Å². The molecule has 3 nitrogen and oxygen atoms in total. The molecule has 118 valence electrons. The Morgan fingerprint density at radius 1 is 1.29 bits per heavy atom. The Hall–Kier alpha value is -1.01.